The molecule has 34 heavy (non-hydrogen) atoms. The number of rotatable bonds is 6. The molecule has 0 saturated carbocycles. The molecule has 3 aromatic rings. The Labute approximate surface area is 210 Å². The van der Waals surface area contributed by atoms with Gasteiger partial charge in [0.15, 0.2) is 23.0 Å². The molecule has 7 heteroatoms. The molecule has 0 N–H and O–H groups in total. The number of halogens is 1. The Morgan fingerprint density at radius 1 is 0.853 bits per heavy atom. The van der Waals surface area contributed by atoms with Crippen molar-refractivity contribution in [2.24, 2.45) is 0 Å². The van der Waals surface area contributed by atoms with Crippen molar-refractivity contribution in [2.75, 3.05) is 35.0 Å². The van der Waals surface area contributed by atoms with E-state index in [9.17, 15) is 5.26 Å². The van der Waals surface area contributed by atoms with Crippen LogP contribution in [-0.4, -0.2) is 45.9 Å². The van der Waals surface area contributed by atoms with Gasteiger partial charge in [0, 0.05) is 16.4 Å². The Balaban J connectivity index is 0.00000103. The van der Waals surface area contributed by atoms with Crippen LogP contribution in [-0.2, 0) is 6.54 Å². The zero-order valence-corrected chi connectivity index (χ0v) is 22.4. The number of hydrogen-bond donors (Lipinski definition) is 0. The fourth-order valence-corrected chi connectivity index (χ4v) is 5.10. The maximum absolute atomic E-state index is 9.57. The first-order valence-corrected chi connectivity index (χ1v) is 12.3. The van der Waals surface area contributed by atoms with Crippen molar-refractivity contribution < 1.29 is 18.9 Å². The molecule has 0 aliphatic carbocycles. The van der Waals surface area contributed by atoms with Gasteiger partial charge in [-0.2, -0.15) is 5.26 Å². The molecule has 1 aliphatic rings. The van der Waals surface area contributed by atoms with Crippen LogP contribution in [0.3, 0.4) is 0 Å². The summed E-state index contributed by atoms with van der Waals surface area (Å²) in [5.41, 5.74) is 1.11. The molecule has 1 unspecified atom stereocenters. The molecule has 1 atom stereocenters. The van der Waals surface area contributed by atoms with Gasteiger partial charge in [-0.1, -0.05) is 20.3 Å². The van der Waals surface area contributed by atoms with Crippen LogP contribution in [0, 0.1) is 11.3 Å². The van der Waals surface area contributed by atoms with Crippen LogP contribution < -0.4 is 18.9 Å². The summed E-state index contributed by atoms with van der Waals surface area (Å²) >= 11 is 3.87. The van der Waals surface area contributed by atoms with E-state index in [4.69, 9.17) is 18.9 Å². The fourth-order valence-electron chi connectivity index (χ4n) is 4.43. The van der Waals surface area contributed by atoms with Crippen molar-refractivity contribution in [1.82, 2.24) is 4.90 Å². The van der Waals surface area contributed by atoms with Crippen molar-refractivity contribution in [2.45, 2.75) is 45.7 Å². The van der Waals surface area contributed by atoms with E-state index >= 15 is 0 Å². The molecule has 3 aromatic carbocycles. The number of nitriles is 1. The Morgan fingerprint density at radius 3 is 1.76 bits per heavy atom. The van der Waals surface area contributed by atoms with Crippen molar-refractivity contribution >= 4 is 37.5 Å². The summed E-state index contributed by atoms with van der Waals surface area (Å²) in [6.45, 7) is 5.82. The predicted molar refractivity (Wildman–Crippen MR) is 140 cm³/mol. The molecule has 1 heterocycles. The number of ether oxygens (including phenoxy) is 4. The average molecular weight is 529 g/mol. The van der Waals surface area contributed by atoms with E-state index in [2.05, 4.69) is 40.7 Å². The SMILES string of the molecule is CCC.COc1cc2c(Br)c(CN3CCCC3C#N)c3cc(OC)c(OC)cc3c2cc1OC. The highest BCUT2D eigenvalue weighted by atomic mass is 79.9. The highest BCUT2D eigenvalue weighted by Gasteiger charge is 2.27. The van der Waals surface area contributed by atoms with E-state index in [0.29, 0.717) is 29.5 Å². The highest BCUT2D eigenvalue weighted by Crippen LogP contribution is 2.45. The van der Waals surface area contributed by atoms with E-state index in [0.717, 1.165) is 51.0 Å². The summed E-state index contributed by atoms with van der Waals surface area (Å²) in [4.78, 5) is 2.24. The minimum absolute atomic E-state index is 0.0665. The van der Waals surface area contributed by atoms with Crippen molar-refractivity contribution in [1.29, 1.82) is 5.26 Å². The van der Waals surface area contributed by atoms with E-state index in [-0.39, 0.29) is 6.04 Å². The number of nitrogens with zero attached hydrogens (tertiary/aromatic N) is 2. The number of hydrogen-bond acceptors (Lipinski definition) is 6. The van der Waals surface area contributed by atoms with Gasteiger partial charge in [-0.15, -0.1) is 0 Å². The van der Waals surface area contributed by atoms with Crippen LogP contribution in [0.2, 0.25) is 0 Å². The van der Waals surface area contributed by atoms with Crippen LogP contribution >= 0.6 is 15.9 Å². The topological polar surface area (TPSA) is 64.0 Å². The fraction of sp³-hybridized carbons (Fsp3) is 0.444. The van der Waals surface area contributed by atoms with E-state index in [1.807, 2.05) is 24.3 Å². The first-order valence-electron chi connectivity index (χ1n) is 11.5. The van der Waals surface area contributed by atoms with Crippen LogP contribution in [0.4, 0.5) is 0 Å². The normalized spacial score (nSPS) is 15.5. The molecule has 182 valence electrons. The number of likely N-dealkylation sites (tertiary alicyclic amines) is 1. The number of fused-ring (bicyclic) bond motifs is 3. The Kier molecular flexibility index (Phi) is 8.87. The van der Waals surface area contributed by atoms with Gasteiger partial charge < -0.3 is 18.9 Å². The summed E-state index contributed by atoms with van der Waals surface area (Å²) in [7, 11) is 6.54. The first-order chi connectivity index (χ1) is 16.5. The molecule has 1 saturated heterocycles. The van der Waals surface area contributed by atoms with Crippen molar-refractivity contribution in [3.05, 3.63) is 34.3 Å². The van der Waals surface area contributed by atoms with E-state index in [1.165, 1.54) is 6.42 Å². The van der Waals surface area contributed by atoms with Crippen molar-refractivity contribution in [3.63, 3.8) is 0 Å². The van der Waals surface area contributed by atoms with Gasteiger partial charge >= 0.3 is 0 Å². The zero-order chi connectivity index (χ0) is 24.8. The molecular formula is C27H33BrN2O4. The minimum Gasteiger partial charge on any atom is -0.493 e. The van der Waals surface area contributed by atoms with Gasteiger partial charge in [-0.25, -0.2) is 0 Å². The third-order valence-corrected chi connectivity index (χ3v) is 6.94. The van der Waals surface area contributed by atoms with Gasteiger partial charge in [0.25, 0.3) is 0 Å². The van der Waals surface area contributed by atoms with Crippen LogP contribution in [0.1, 0.15) is 38.7 Å². The summed E-state index contributed by atoms with van der Waals surface area (Å²) in [6.07, 6.45) is 3.19. The van der Waals surface area contributed by atoms with Gasteiger partial charge in [0.05, 0.1) is 40.6 Å². The van der Waals surface area contributed by atoms with Crippen LogP contribution in [0.5, 0.6) is 23.0 Å². The minimum atomic E-state index is -0.0665. The highest BCUT2D eigenvalue weighted by molar-refractivity contribution is 9.10. The largest absolute Gasteiger partial charge is 0.493 e. The van der Waals surface area contributed by atoms with Gasteiger partial charge in [-0.05, 0) is 81.3 Å². The molecule has 0 bridgehead atoms. The molecule has 6 nitrogen and oxygen atoms in total. The molecule has 1 aliphatic heterocycles. The lowest BCUT2D eigenvalue weighted by molar-refractivity contribution is 0.287. The smallest absolute Gasteiger partial charge is 0.161 e. The lowest BCUT2D eigenvalue weighted by Gasteiger charge is -2.23. The maximum Gasteiger partial charge on any atom is 0.161 e. The lowest BCUT2D eigenvalue weighted by Crippen LogP contribution is -2.27. The Hall–Kier alpha value is -2.69. The average Bonchev–Trinajstić information content (AvgIpc) is 3.32. The first kappa shape index (κ1) is 25.9. The zero-order valence-electron chi connectivity index (χ0n) is 20.8. The maximum atomic E-state index is 9.57. The molecule has 1 fully saturated rings. The Morgan fingerprint density at radius 2 is 1.29 bits per heavy atom. The summed E-state index contributed by atoms with van der Waals surface area (Å²) in [5.74, 6) is 2.66. The lowest BCUT2D eigenvalue weighted by atomic mass is 9.95. The third kappa shape index (κ3) is 4.89. The second-order valence-electron chi connectivity index (χ2n) is 8.26. The van der Waals surface area contributed by atoms with E-state index in [1.54, 1.807) is 28.4 Å². The monoisotopic (exact) mass is 528 g/mol. The van der Waals surface area contributed by atoms with Crippen molar-refractivity contribution in [3.8, 4) is 29.1 Å². The third-order valence-electron chi connectivity index (χ3n) is 6.04. The summed E-state index contributed by atoms with van der Waals surface area (Å²) in [5, 5.41) is 13.7. The van der Waals surface area contributed by atoms with Crippen LogP contribution in [0.25, 0.3) is 21.5 Å². The Bertz CT molecular complexity index is 1210. The summed E-state index contributed by atoms with van der Waals surface area (Å²) < 4.78 is 23.3. The second kappa shape index (κ2) is 11.6. The van der Waals surface area contributed by atoms with Gasteiger partial charge in [-0.3, -0.25) is 4.90 Å². The molecule has 0 aromatic heterocycles. The molecule has 4 rings (SSSR count). The van der Waals surface area contributed by atoms with Gasteiger partial charge in [0.2, 0.25) is 0 Å². The van der Waals surface area contributed by atoms with Crippen LogP contribution in [0.15, 0.2) is 28.7 Å². The van der Waals surface area contributed by atoms with E-state index < -0.39 is 0 Å². The molecular weight excluding hydrogens is 496 g/mol. The molecule has 0 amide bonds. The standard InChI is InChI=1S/C24H25BrN2O4.C3H8/c1-28-20-8-15-16-9-21(29-2)23(31-4)11-18(16)24(25)19(17(15)10-22(20)30-3)13-27-7-5-6-14(27)12-26;1-3-2/h8-11,14H,5-7,13H2,1-4H3;3H2,1-2H3. The predicted octanol–water partition coefficient (Wildman–Crippen LogP) is 6.69. The second-order valence-corrected chi connectivity index (χ2v) is 9.06. The quantitative estimate of drug-likeness (QED) is 0.332. The van der Waals surface area contributed by atoms with Gasteiger partial charge in [0.1, 0.15) is 0 Å². The number of methoxy groups -OCH3 is 4. The summed E-state index contributed by atoms with van der Waals surface area (Å²) in [6, 6.07) is 10.4. The number of benzene rings is 3. The molecule has 0 spiro atoms. The molecule has 0 radical (unpaired) electrons.